The van der Waals surface area contributed by atoms with Crippen LogP contribution in [0, 0.1) is 0 Å². The van der Waals surface area contributed by atoms with Gasteiger partial charge in [0.15, 0.2) is 0 Å². The minimum absolute atomic E-state index is 0.0439. The van der Waals surface area contributed by atoms with Crippen molar-refractivity contribution in [3.05, 3.63) is 89.4 Å². The monoisotopic (exact) mass is 571 g/mol. The van der Waals surface area contributed by atoms with Gasteiger partial charge in [0.1, 0.15) is 18.3 Å². The van der Waals surface area contributed by atoms with E-state index in [9.17, 15) is 18.0 Å². The van der Waals surface area contributed by atoms with Gasteiger partial charge < -0.3 is 15.0 Å². The number of benzene rings is 3. The summed E-state index contributed by atoms with van der Waals surface area (Å²) in [5.74, 6) is -0.286. The molecule has 10 heteroatoms. The summed E-state index contributed by atoms with van der Waals surface area (Å²) in [4.78, 5) is 28.6. The minimum atomic E-state index is -4.13. The van der Waals surface area contributed by atoms with Crippen molar-refractivity contribution >= 4 is 39.1 Å². The molecule has 0 spiro atoms. The first kappa shape index (κ1) is 30.0. The second kappa shape index (κ2) is 13.5. The average Bonchev–Trinajstić information content (AvgIpc) is 2.92. The van der Waals surface area contributed by atoms with Gasteiger partial charge in [0.05, 0.1) is 17.7 Å². The molecule has 0 aliphatic heterocycles. The Bertz CT molecular complexity index is 1350. The van der Waals surface area contributed by atoms with Crippen LogP contribution in [0.15, 0.2) is 83.8 Å². The number of methoxy groups -OCH3 is 1. The number of hydrogen-bond donors (Lipinski definition) is 1. The van der Waals surface area contributed by atoms with Gasteiger partial charge in [0.2, 0.25) is 11.8 Å². The Morgan fingerprint density at radius 2 is 1.56 bits per heavy atom. The van der Waals surface area contributed by atoms with E-state index in [0.717, 1.165) is 9.87 Å². The van der Waals surface area contributed by atoms with E-state index in [0.29, 0.717) is 22.9 Å². The summed E-state index contributed by atoms with van der Waals surface area (Å²) in [5.41, 5.74) is 1.05. The number of anilines is 1. The molecule has 3 rings (SSSR count). The normalized spacial score (nSPS) is 12.1. The number of halogens is 1. The standard InChI is InChI=1S/C29H34ClN3O5S/c1-5-27(29(35)31-21(2)3)32(19-22-11-13-23(30)14-12-22)28(34)20-33(24-15-17-25(38-4)18-16-24)39(36,37)26-9-7-6-8-10-26/h6-18,21,27H,5,19-20H2,1-4H3,(H,31,35)/t27-/m1/s1. The van der Waals surface area contributed by atoms with E-state index < -0.39 is 28.5 Å². The number of sulfonamides is 1. The number of nitrogens with one attached hydrogen (secondary N) is 1. The number of nitrogens with zero attached hydrogens (tertiary/aromatic N) is 2. The first-order valence-electron chi connectivity index (χ1n) is 12.6. The maximum atomic E-state index is 14.0. The highest BCUT2D eigenvalue weighted by Gasteiger charge is 2.33. The Morgan fingerprint density at radius 3 is 2.10 bits per heavy atom. The van der Waals surface area contributed by atoms with E-state index >= 15 is 0 Å². The van der Waals surface area contributed by atoms with Gasteiger partial charge in [-0.15, -0.1) is 0 Å². The Labute approximate surface area is 235 Å². The molecule has 0 aliphatic carbocycles. The van der Waals surface area contributed by atoms with Gasteiger partial charge in [-0.05, 0) is 74.4 Å². The van der Waals surface area contributed by atoms with Crippen LogP contribution >= 0.6 is 11.6 Å². The van der Waals surface area contributed by atoms with Gasteiger partial charge in [-0.25, -0.2) is 8.42 Å². The molecule has 1 atom stereocenters. The first-order valence-corrected chi connectivity index (χ1v) is 14.4. The van der Waals surface area contributed by atoms with Crippen molar-refractivity contribution in [3.63, 3.8) is 0 Å². The van der Waals surface area contributed by atoms with Crippen molar-refractivity contribution in [1.82, 2.24) is 10.2 Å². The fourth-order valence-electron chi connectivity index (χ4n) is 4.08. The van der Waals surface area contributed by atoms with Crippen LogP contribution < -0.4 is 14.4 Å². The van der Waals surface area contributed by atoms with Crippen LogP contribution in [0.2, 0.25) is 5.02 Å². The van der Waals surface area contributed by atoms with E-state index in [4.69, 9.17) is 16.3 Å². The largest absolute Gasteiger partial charge is 0.497 e. The summed E-state index contributed by atoms with van der Waals surface area (Å²) >= 11 is 6.05. The summed E-state index contributed by atoms with van der Waals surface area (Å²) in [5, 5.41) is 3.42. The van der Waals surface area contributed by atoms with Crippen LogP contribution in [0.4, 0.5) is 5.69 Å². The number of amides is 2. The van der Waals surface area contributed by atoms with Gasteiger partial charge in [-0.1, -0.05) is 48.9 Å². The Hall–Kier alpha value is -3.56. The molecular weight excluding hydrogens is 538 g/mol. The summed E-state index contributed by atoms with van der Waals surface area (Å²) < 4.78 is 33.9. The maximum Gasteiger partial charge on any atom is 0.264 e. The van der Waals surface area contributed by atoms with Crippen LogP contribution in [-0.2, 0) is 26.2 Å². The van der Waals surface area contributed by atoms with Crippen LogP contribution in [0.25, 0.3) is 0 Å². The zero-order valence-electron chi connectivity index (χ0n) is 22.5. The molecule has 0 saturated carbocycles. The molecule has 2 amide bonds. The molecule has 0 fully saturated rings. The number of carbonyl (C=O) groups is 2. The van der Waals surface area contributed by atoms with Crippen molar-refractivity contribution in [2.45, 2.75) is 50.7 Å². The molecule has 0 aliphatic rings. The lowest BCUT2D eigenvalue weighted by Crippen LogP contribution is -2.53. The zero-order chi connectivity index (χ0) is 28.6. The lowest BCUT2D eigenvalue weighted by atomic mass is 10.1. The predicted molar refractivity (Wildman–Crippen MR) is 153 cm³/mol. The predicted octanol–water partition coefficient (Wildman–Crippen LogP) is 4.88. The number of ether oxygens (including phenoxy) is 1. The topological polar surface area (TPSA) is 96.0 Å². The van der Waals surface area contributed by atoms with E-state index in [1.165, 1.54) is 24.1 Å². The van der Waals surface area contributed by atoms with Crippen LogP contribution in [0.5, 0.6) is 5.75 Å². The van der Waals surface area contributed by atoms with E-state index in [1.807, 2.05) is 20.8 Å². The van der Waals surface area contributed by atoms with Crippen molar-refractivity contribution in [2.24, 2.45) is 0 Å². The van der Waals surface area contributed by atoms with Gasteiger partial charge in [-0.2, -0.15) is 0 Å². The fourth-order valence-corrected chi connectivity index (χ4v) is 5.64. The SMILES string of the molecule is CC[C@H](C(=O)NC(C)C)N(Cc1ccc(Cl)cc1)C(=O)CN(c1ccc(OC)cc1)S(=O)(=O)c1ccccc1. The molecule has 1 N–H and O–H groups in total. The third-order valence-corrected chi connectivity index (χ3v) is 8.09. The molecule has 3 aromatic carbocycles. The molecule has 0 aromatic heterocycles. The smallest absolute Gasteiger partial charge is 0.264 e. The lowest BCUT2D eigenvalue weighted by molar-refractivity contribution is -0.140. The number of rotatable bonds is 12. The second-order valence-electron chi connectivity index (χ2n) is 9.26. The first-order chi connectivity index (χ1) is 18.6. The second-order valence-corrected chi connectivity index (χ2v) is 11.6. The van der Waals surface area contributed by atoms with Gasteiger partial charge >= 0.3 is 0 Å². The van der Waals surface area contributed by atoms with E-state index in [2.05, 4.69) is 5.32 Å². The van der Waals surface area contributed by atoms with Crippen LogP contribution in [0.3, 0.4) is 0 Å². The van der Waals surface area contributed by atoms with E-state index in [1.54, 1.807) is 66.7 Å². The van der Waals surface area contributed by atoms with Crippen molar-refractivity contribution in [3.8, 4) is 5.75 Å². The molecule has 39 heavy (non-hydrogen) atoms. The van der Waals surface area contributed by atoms with Crippen molar-refractivity contribution in [2.75, 3.05) is 18.0 Å². The molecule has 0 radical (unpaired) electrons. The molecule has 8 nitrogen and oxygen atoms in total. The summed E-state index contributed by atoms with van der Waals surface area (Å²) in [6.07, 6.45) is 0.339. The number of hydrogen-bond acceptors (Lipinski definition) is 5. The summed E-state index contributed by atoms with van der Waals surface area (Å²) in [7, 11) is -2.61. The highest BCUT2D eigenvalue weighted by Crippen LogP contribution is 2.27. The third kappa shape index (κ3) is 7.74. The highest BCUT2D eigenvalue weighted by molar-refractivity contribution is 7.92. The lowest BCUT2D eigenvalue weighted by Gasteiger charge is -2.33. The number of carbonyl (C=O) groups excluding carboxylic acids is 2. The highest BCUT2D eigenvalue weighted by atomic mass is 35.5. The zero-order valence-corrected chi connectivity index (χ0v) is 24.1. The molecule has 0 heterocycles. The fraction of sp³-hybridized carbons (Fsp3) is 0.310. The molecule has 208 valence electrons. The Kier molecular flexibility index (Phi) is 10.4. The van der Waals surface area contributed by atoms with Crippen LogP contribution in [0.1, 0.15) is 32.8 Å². The Balaban J connectivity index is 2.05. The molecule has 0 unspecified atom stereocenters. The van der Waals surface area contributed by atoms with Gasteiger partial charge in [-0.3, -0.25) is 13.9 Å². The van der Waals surface area contributed by atoms with E-state index in [-0.39, 0.29) is 23.4 Å². The summed E-state index contributed by atoms with van der Waals surface area (Å²) in [6, 6.07) is 20.4. The van der Waals surface area contributed by atoms with Crippen LogP contribution in [-0.4, -0.2) is 50.9 Å². The molecule has 0 saturated heterocycles. The van der Waals surface area contributed by atoms with Gasteiger partial charge in [0.25, 0.3) is 10.0 Å². The summed E-state index contributed by atoms with van der Waals surface area (Å²) in [6.45, 7) is 5.08. The van der Waals surface area contributed by atoms with Crippen molar-refractivity contribution < 1.29 is 22.7 Å². The Morgan fingerprint density at radius 1 is 0.949 bits per heavy atom. The molecule has 3 aromatic rings. The molecule has 0 bridgehead atoms. The maximum absolute atomic E-state index is 14.0. The van der Waals surface area contributed by atoms with Gasteiger partial charge in [0, 0.05) is 17.6 Å². The minimum Gasteiger partial charge on any atom is -0.497 e. The third-order valence-electron chi connectivity index (χ3n) is 6.05. The quantitative estimate of drug-likeness (QED) is 0.334. The average molecular weight is 572 g/mol. The van der Waals surface area contributed by atoms with Crippen molar-refractivity contribution in [1.29, 1.82) is 0 Å². The molecular formula is C29H34ClN3O5S.